The van der Waals surface area contributed by atoms with Crippen LogP contribution >= 0.6 is 11.3 Å². The monoisotopic (exact) mass is 388 g/mol. The zero-order valence-corrected chi connectivity index (χ0v) is 15.5. The Balaban J connectivity index is 1.58. The summed E-state index contributed by atoms with van der Waals surface area (Å²) in [7, 11) is 0. The van der Waals surface area contributed by atoms with Crippen molar-refractivity contribution in [1.29, 1.82) is 0 Å². The summed E-state index contributed by atoms with van der Waals surface area (Å²) in [4.78, 5) is 15.8. The van der Waals surface area contributed by atoms with Gasteiger partial charge in [-0.2, -0.15) is 0 Å². The fourth-order valence-electron chi connectivity index (χ4n) is 2.66. The van der Waals surface area contributed by atoms with E-state index in [2.05, 4.69) is 4.98 Å². The predicted octanol–water partition coefficient (Wildman–Crippen LogP) is 4.51. The van der Waals surface area contributed by atoms with Gasteiger partial charge in [0.15, 0.2) is 11.6 Å². The van der Waals surface area contributed by atoms with Gasteiger partial charge in [-0.25, -0.2) is 13.8 Å². The number of amides is 1. The molecule has 0 radical (unpaired) electrons. The molecule has 0 bridgehead atoms. The van der Waals surface area contributed by atoms with Crippen LogP contribution in [0.2, 0.25) is 0 Å². The van der Waals surface area contributed by atoms with Crippen LogP contribution < -0.4 is 10.5 Å². The highest BCUT2D eigenvalue weighted by Crippen LogP contribution is 2.27. The van der Waals surface area contributed by atoms with E-state index in [9.17, 15) is 13.6 Å². The van der Waals surface area contributed by atoms with Crippen LogP contribution in [0.3, 0.4) is 0 Å². The van der Waals surface area contributed by atoms with Crippen molar-refractivity contribution in [1.82, 2.24) is 4.98 Å². The van der Waals surface area contributed by atoms with Gasteiger partial charge in [-0.1, -0.05) is 24.3 Å². The van der Waals surface area contributed by atoms with Crippen molar-refractivity contribution >= 4 is 17.2 Å². The van der Waals surface area contributed by atoms with E-state index in [1.807, 2.05) is 36.6 Å². The van der Waals surface area contributed by atoms with Crippen LogP contribution in [-0.4, -0.2) is 17.5 Å². The second-order valence-electron chi connectivity index (χ2n) is 6.01. The van der Waals surface area contributed by atoms with Gasteiger partial charge in [-0.15, -0.1) is 11.3 Å². The molecule has 2 N–H and O–H groups in total. The number of aryl methyl sites for hydroxylation is 2. The number of thiazole rings is 1. The second-order valence-corrected chi connectivity index (χ2v) is 6.87. The van der Waals surface area contributed by atoms with Crippen molar-refractivity contribution in [2.75, 3.05) is 6.61 Å². The number of hydrogen-bond acceptors (Lipinski definition) is 4. The fraction of sp³-hybridized carbons (Fsp3) is 0.200. The first-order valence-corrected chi connectivity index (χ1v) is 9.26. The quantitative estimate of drug-likeness (QED) is 0.606. The molecule has 0 aliphatic heterocycles. The van der Waals surface area contributed by atoms with E-state index in [0.29, 0.717) is 12.8 Å². The highest BCUT2D eigenvalue weighted by molar-refractivity contribution is 7.13. The predicted molar refractivity (Wildman–Crippen MR) is 101 cm³/mol. The van der Waals surface area contributed by atoms with Crippen LogP contribution in [0.25, 0.3) is 10.6 Å². The first-order valence-electron chi connectivity index (χ1n) is 8.38. The first-order chi connectivity index (χ1) is 13.0. The van der Waals surface area contributed by atoms with Crippen LogP contribution in [-0.2, 0) is 6.42 Å². The van der Waals surface area contributed by atoms with E-state index in [-0.39, 0.29) is 12.4 Å². The molecule has 0 atom stereocenters. The van der Waals surface area contributed by atoms with Crippen LogP contribution in [0, 0.1) is 18.6 Å². The molecule has 1 amide bonds. The molecular weight excluding hydrogens is 370 g/mol. The molecule has 1 heterocycles. The van der Waals surface area contributed by atoms with E-state index in [1.54, 1.807) is 11.3 Å². The summed E-state index contributed by atoms with van der Waals surface area (Å²) in [5, 5.41) is 2.95. The van der Waals surface area contributed by atoms with Gasteiger partial charge in [-0.05, 0) is 37.5 Å². The smallest absolute Gasteiger partial charge is 0.254 e. The lowest BCUT2D eigenvalue weighted by molar-refractivity contribution is 0.0991. The lowest BCUT2D eigenvalue weighted by atomic mass is 10.1. The molecule has 4 nitrogen and oxygen atoms in total. The highest BCUT2D eigenvalue weighted by atomic mass is 32.1. The summed E-state index contributed by atoms with van der Waals surface area (Å²) in [6.07, 6.45) is 1.26. The minimum atomic E-state index is -1.17. The Hall–Kier alpha value is -2.80. The average molecular weight is 388 g/mol. The normalized spacial score (nSPS) is 10.8. The molecule has 0 aliphatic rings. The molecule has 3 rings (SSSR count). The van der Waals surface area contributed by atoms with Crippen molar-refractivity contribution in [2.45, 2.75) is 19.8 Å². The van der Waals surface area contributed by atoms with Gasteiger partial charge < -0.3 is 10.5 Å². The first kappa shape index (κ1) is 19.0. The van der Waals surface area contributed by atoms with Gasteiger partial charge in [0.25, 0.3) is 5.91 Å². The molecule has 0 spiro atoms. The molecular formula is C20H18F2N2O2S. The third kappa shape index (κ3) is 4.31. The Morgan fingerprint density at radius 3 is 2.74 bits per heavy atom. The third-order valence-electron chi connectivity index (χ3n) is 4.06. The molecule has 0 unspecified atom stereocenters. The van der Waals surface area contributed by atoms with Gasteiger partial charge in [0.1, 0.15) is 16.4 Å². The number of carbonyl (C=O) groups excluding carboxylic acids is 1. The number of aromatic nitrogens is 1. The molecule has 0 aliphatic carbocycles. The summed E-state index contributed by atoms with van der Waals surface area (Å²) in [6, 6.07) is 10.2. The number of rotatable bonds is 7. The van der Waals surface area contributed by atoms with Crippen LogP contribution in [0.5, 0.6) is 5.75 Å². The number of nitrogens with two attached hydrogens (primary N) is 1. The van der Waals surface area contributed by atoms with Gasteiger partial charge in [0, 0.05) is 10.9 Å². The highest BCUT2D eigenvalue weighted by Gasteiger charge is 2.19. The lowest BCUT2D eigenvalue weighted by Gasteiger charge is -2.09. The Morgan fingerprint density at radius 1 is 1.22 bits per heavy atom. The van der Waals surface area contributed by atoms with Gasteiger partial charge in [0.2, 0.25) is 0 Å². The maximum Gasteiger partial charge on any atom is 0.254 e. The standard InChI is InChI=1S/C20H18F2N2O2S/c1-12-5-2-3-7-14(12)20-24-13(11-27-20)6-4-10-26-16-9-8-15(21)17(18(16)22)19(23)25/h2-3,5,7-9,11H,4,6,10H2,1H3,(H2,23,25). The number of nitrogens with zero attached hydrogens (tertiary/aromatic N) is 1. The molecule has 27 heavy (non-hydrogen) atoms. The summed E-state index contributed by atoms with van der Waals surface area (Å²) in [6.45, 7) is 2.25. The van der Waals surface area contributed by atoms with E-state index in [4.69, 9.17) is 10.5 Å². The van der Waals surface area contributed by atoms with E-state index >= 15 is 0 Å². The number of benzene rings is 2. The minimum absolute atomic E-state index is 0.191. The zero-order chi connectivity index (χ0) is 19.4. The van der Waals surface area contributed by atoms with Crippen molar-refractivity contribution in [3.05, 3.63) is 70.2 Å². The van der Waals surface area contributed by atoms with Crippen LogP contribution in [0.15, 0.2) is 41.8 Å². The van der Waals surface area contributed by atoms with Crippen LogP contribution in [0.1, 0.15) is 28.0 Å². The Morgan fingerprint density at radius 2 is 2.00 bits per heavy atom. The van der Waals surface area contributed by atoms with Gasteiger partial charge in [0.05, 0.1) is 12.3 Å². The van der Waals surface area contributed by atoms with Gasteiger partial charge >= 0.3 is 0 Å². The van der Waals surface area contributed by atoms with Crippen molar-refractivity contribution < 1.29 is 18.3 Å². The van der Waals surface area contributed by atoms with E-state index < -0.39 is 23.1 Å². The number of halogens is 2. The Kier molecular flexibility index (Phi) is 5.81. The number of carbonyl (C=O) groups is 1. The number of ether oxygens (including phenoxy) is 1. The lowest BCUT2D eigenvalue weighted by Crippen LogP contribution is -2.16. The molecule has 3 aromatic rings. The van der Waals surface area contributed by atoms with Gasteiger partial charge in [-0.3, -0.25) is 4.79 Å². The van der Waals surface area contributed by atoms with Crippen molar-refractivity contribution in [2.24, 2.45) is 5.73 Å². The van der Waals surface area contributed by atoms with Crippen LogP contribution in [0.4, 0.5) is 8.78 Å². The Labute approximate surface area is 159 Å². The summed E-state index contributed by atoms with van der Waals surface area (Å²) < 4.78 is 32.9. The minimum Gasteiger partial charge on any atom is -0.490 e. The second kappa shape index (κ2) is 8.26. The zero-order valence-electron chi connectivity index (χ0n) is 14.7. The summed E-state index contributed by atoms with van der Waals surface area (Å²) in [5.41, 5.74) is 7.42. The topological polar surface area (TPSA) is 65.2 Å². The maximum atomic E-state index is 14.1. The maximum absolute atomic E-state index is 14.1. The molecule has 140 valence electrons. The molecule has 7 heteroatoms. The SMILES string of the molecule is Cc1ccccc1-c1nc(CCCOc2ccc(F)c(C(N)=O)c2F)cs1. The average Bonchev–Trinajstić information content (AvgIpc) is 3.09. The van der Waals surface area contributed by atoms with E-state index in [0.717, 1.165) is 28.4 Å². The van der Waals surface area contributed by atoms with Crippen molar-refractivity contribution in [3.8, 4) is 16.3 Å². The number of hydrogen-bond donors (Lipinski definition) is 1. The third-order valence-corrected chi connectivity index (χ3v) is 4.99. The number of primary amides is 1. The summed E-state index contributed by atoms with van der Waals surface area (Å²) in [5.74, 6) is -3.43. The molecule has 0 saturated heterocycles. The fourth-order valence-corrected chi connectivity index (χ4v) is 3.61. The molecule has 0 saturated carbocycles. The van der Waals surface area contributed by atoms with Crippen molar-refractivity contribution in [3.63, 3.8) is 0 Å². The molecule has 1 aromatic heterocycles. The largest absolute Gasteiger partial charge is 0.490 e. The molecule has 2 aromatic carbocycles. The summed E-state index contributed by atoms with van der Waals surface area (Å²) >= 11 is 1.58. The van der Waals surface area contributed by atoms with E-state index in [1.165, 1.54) is 5.56 Å². The Bertz CT molecular complexity index is 972. The molecule has 0 fully saturated rings.